The van der Waals surface area contributed by atoms with E-state index < -0.39 is 0 Å². The molecule has 25 heavy (non-hydrogen) atoms. The molecule has 0 aliphatic carbocycles. The minimum Gasteiger partial charge on any atom is -0.494 e. The summed E-state index contributed by atoms with van der Waals surface area (Å²) >= 11 is 0. The Balaban J connectivity index is 0.00000312. The number of aliphatic imine (C=N–C) groups is 1. The van der Waals surface area contributed by atoms with Crippen LogP contribution in [-0.4, -0.2) is 26.2 Å². The van der Waals surface area contributed by atoms with Gasteiger partial charge < -0.3 is 15.4 Å². The molecule has 2 aromatic rings. The highest BCUT2D eigenvalue weighted by Crippen LogP contribution is 2.11. The third-order valence-electron chi connectivity index (χ3n) is 3.47. The van der Waals surface area contributed by atoms with Crippen LogP contribution in [0.2, 0.25) is 0 Å². The summed E-state index contributed by atoms with van der Waals surface area (Å²) in [5, 5.41) is 6.56. The molecule has 0 saturated carbocycles. The number of rotatable bonds is 8. The Hall–Kier alpha value is -1.83. The topological polar surface area (TPSA) is 45.7 Å². The van der Waals surface area contributed by atoms with Gasteiger partial charge in [-0.15, -0.1) is 24.0 Å². The summed E-state index contributed by atoms with van der Waals surface area (Å²) in [4.78, 5) is 4.20. The van der Waals surface area contributed by atoms with E-state index in [1.807, 2.05) is 18.2 Å². The van der Waals surface area contributed by atoms with Crippen molar-refractivity contribution in [3.05, 3.63) is 66.0 Å². The van der Waals surface area contributed by atoms with Crippen LogP contribution >= 0.6 is 24.0 Å². The molecule has 0 atom stereocenters. The van der Waals surface area contributed by atoms with Crippen molar-refractivity contribution in [3.8, 4) is 5.75 Å². The van der Waals surface area contributed by atoms with Gasteiger partial charge in [0.05, 0.1) is 6.61 Å². The molecule has 0 aliphatic heterocycles. The molecule has 0 radical (unpaired) electrons. The van der Waals surface area contributed by atoms with Crippen LogP contribution < -0.4 is 15.4 Å². The molecule has 0 saturated heterocycles. The average molecular weight is 457 g/mol. The second kappa shape index (κ2) is 12.5. The number of halogens is 2. The molecule has 136 valence electrons. The van der Waals surface area contributed by atoms with E-state index in [2.05, 4.69) is 27.8 Å². The van der Waals surface area contributed by atoms with Crippen LogP contribution in [0.1, 0.15) is 18.4 Å². The summed E-state index contributed by atoms with van der Waals surface area (Å²) < 4.78 is 18.3. The van der Waals surface area contributed by atoms with Gasteiger partial charge in [-0.1, -0.05) is 30.3 Å². The Morgan fingerprint density at radius 2 is 1.72 bits per heavy atom. The number of ether oxygens (including phenoxy) is 1. The van der Waals surface area contributed by atoms with Gasteiger partial charge in [-0.05, 0) is 42.7 Å². The molecule has 0 spiro atoms. The highest BCUT2D eigenvalue weighted by atomic mass is 127. The van der Waals surface area contributed by atoms with Gasteiger partial charge in [0.1, 0.15) is 11.6 Å². The van der Waals surface area contributed by atoms with E-state index in [1.165, 1.54) is 17.7 Å². The quantitative estimate of drug-likeness (QED) is 0.273. The SMILES string of the molecule is CN=C(NCCCCOc1ccc(F)cc1)NCc1ccccc1.I. The zero-order valence-corrected chi connectivity index (χ0v) is 16.7. The second-order valence-corrected chi connectivity index (χ2v) is 5.35. The third kappa shape index (κ3) is 8.72. The van der Waals surface area contributed by atoms with E-state index in [0.717, 1.165) is 31.9 Å². The van der Waals surface area contributed by atoms with Crippen LogP contribution in [0, 0.1) is 5.82 Å². The molecule has 2 rings (SSSR count). The first-order chi connectivity index (χ1) is 11.8. The highest BCUT2D eigenvalue weighted by Gasteiger charge is 1.98. The molecular weight excluding hydrogens is 432 g/mol. The van der Waals surface area contributed by atoms with Gasteiger partial charge in [0.15, 0.2) is 5.96 Å². The van der Waals surface area contributed by atoms with Gasteiger partial charge in [0, 0.05) is 20.1 Å². The minimum atomic E-state index is -0.249. The maximum Gasteiger partial charge on any atom is 0.191 e. The molecule has 6 heteroatoms. The van der Waals surface area contributed by atoms with E-state index in [4.69, 9.17) is 4.74 Å². The van der Waals surface area contributed by atoms with Crippen molar-refractivity contribution in [1.29, 1.82) is 0 Å². The van der Waals surface area contributed by atoms with E-state index >= 15 is 0 Å². The zero-order chi connectivity index (χ0) is 17.0. The molecule has 0 unspecified atom stereocenters. The summed E-state index contributed by atoms with van der Waals surface area (Å²) in [5.74, 6) is 1.24. The first-order valence-corrected chi connectivity index (χ1v) is 8.15. The van der Waals surface area contributed by atoms with Gasteiger partial charge >= 0.3 is 0 Å². The lowest BCUT2D eigenvalue weighted by molar-refractivity contribution is 0.306. The Morgan fingerprint density at radius 1 is 1.00 bits per heavy atom. The van der Waals surface area contributed by atoms with E-state index in [1.54, 1.807) is 19.2 Å². The van der Waals surface area contributed by atoms with Crippen molar-refractivity contribution in [2.24, 2.45) is 4.99 Å². The van der Waals surface area contributed by atoms with Crippen molar-refractivity contribution in [2.75, 3.05) is 20.2 Å². The van der Waals surface area contributed by atoms with Crippen molar-refractivity contribution in [2.45, 2.75) is 19.4 Å². The summed E-state index contributed by atoms with van der Waals surface area (Å²) in [6, 6.07) is 16.3. The van der Waals surface area contributed by atoms with Gasteiger partial charge in [0.25, 0.3) is 0 Å². The lowest BCUT2D eigenvalue weighted by Crippen LogP contribution is -2.37. The number of unbranched alkanes of at least 4 members (excludes halogenated alkanes) is 1. The second-order valence-electron chi connectivity index (χ2n) is 5.35. The first-order valence-electron chi connectivity index (χ1n) is 8.15. The lowest BCUT2D eigenvalue weighted by atomic mass is 10.2. The molecule has 0 fully saturated rings. The summed E-state index contributed by atoms with van der Waals surface area (Å²) in [6.07, 6.45) is 1.88. The Labute approximate surface area is 165 Å². The molecule has 0 bridgehead atoms. The zero-order valence-electron chi connectivity index (χ0n) is 14.4. The number of nitrogens with one attached hydrogen (secondary N) is 2. The van der Waals surface area contributed by atoms with Crippen LogP contribution in [0.3, 0.4) is 0 Å². The van der Waals surface area contributed by atoms with Crippen molar-refractivity contribution in [3.63, 3.8) is 0 Å². The van der Waals surface area contributed by atoms with Crippen LogP contribution in [0.25, 0.3) is 0 Å². The average Bonchev–Trinajstić information content (AvgIpc) is 2.63. The molecule has 0 aromatic heterocycles. The fourth-order valence-electron chi connectivity index (χ4n) is 2.16. The fourth-order valence-corrected chi connectivity index (χ4v) is 2.16. The highest BCUT2D eigenvalue weighted by molar-refractivity contribution is 14.0. The summed E-state index contributed by atoms with van der Waals surface area (Å²) in [7, 11) is 1.76. The monoisotopic (exact) mass is 457 g/mol. The molecular formula is C19H25FIN3O. The smallest absolute Gasteiger partial charge is 0.191 e. The van der Waals surface area contributed by atoms with Gasteiger partial charge in [0.2, 0.25) is 0 Å². The van der Waals surface area contributed by atoms with Crippen LogP contribution in [-0.2, 0) is 6.54 Å². The fraction of sp³-hybridized carbons (Fsp3) is 0.316. The Bertz CT molecular complexity index is 620. The van der Waals surface area contributed by atoms with Crippen LogP contribution in [0.4, 0.5) is 4.39 Å². The minimum absolute atomic E-state index is 0. The molecule has 0 heterocycles. The standard InChI is InChI=1S/C19H24FN3O.HI/c1-21-19(23-15-16-7-3-2-4-8-16)22-13-5-6-14-24-18-11-9-17(20)10-12-18;/h2-4,7-12H,5-6,13-15H2,1H3,(H2,21,22,23);1H. The van der Waals surface area contributed by atoms with Crippen molar-refractivity contribution in [1.82, 2.24) is 10.6 Å². The predicted octanol–water partition coefficient (Wildman–Crippen LogP) is 3.97. The number of hydrogen-bond donors (Lipinski definition) is 2. The molecule has 0 aliphatic rings. The van der Waals surface area contributed by atoms with Gasteiger partial charge in [-0.2, -0.15) is 0 Å². The molecule has 2 N–H and O–H groups in total. The summed E-state index contributed by atoms with van der Waals surface area (Å²) in [6.45, 7) is 2.18. The van der Waals surface area contributed by atoms with Gasteiger partial charge in [-0.3, -0.25) is 4.99 Å². The van der Waals surface area contributed by atoms with E-state index in [0.29, 0.717) is 12.4 Å². The summed E-state index contributed by atoms with van der Waals surface area (Å²) in [5.41, 5.74) is 1.22. The van der Waals surface area contributed by atoms with Gasteiger partial charge in [-0.25, -0.2) is 4.39 Å². The number of hydrogen-bond acceptors (Lipinski definition) is 2. The van der Waals surface area contributed by atoms with Crippen LogP contribution in [0.15, 0.2) is 59.6 Å². The Kier molecular flexibility index (Phi) is 10.6. The molecule has 2 aromatic carbocycles. The number of guanidine groups is 1. The van der Waals surface area contributed by atoms with Crippen LogP contribution in [0.5, 0.6) is 5.75 Å². The number of nitrogens with zero attached hydrogens (tertiary/aromatic N) is 1. The maximum atomic E-state index is 12.8. The molecule has 0 amide bonds. The normalized spacial score (nSPS) is 10.7. The largest absolute Gasteiger partial charge is 0.494 e. The predicted molar refractivity (Wildman–Crippen MR) is 111 cm³/mol. The first kappa shape index (κ1) is 21.2. The Morgan fingerprint density at radius 3 is 2.40 bits per heavy atom. The van der Waals surface area contributed by atoms with E-state index in [9.17, 15) is 4.39 Å². The van der Waals surface area contributed by atoms with E-state index in [-0.39, 0.29) is 29.8 Å². The maximum absolute atomic E-state index is 12.8. The van der Waals surface area contributed by atoms with Crippen molar-refractivity contribution >= 4 is 29.9 Å². The third-order valence-corrected chi connectivity index (χ3v) is 3.47. The molecule has 4 nitrogen and oxygen atoms in total. The van der Waals surface area contributed by atoms with Crippen molar-refractivity contribution < 1.29 is 9.13 Å². The number of benzene rings is 2. The lowest BCUT2D eigenvalue weighted by Gasteiger charge is -2.12.